The van der Waals surface area contributed by atoms with Gasteiger partial charge in [0.15, 0.2) is 0 Å². The molecule has 0 unspecified atom stereocenters. The van der Waals surface area contributed by atoms with Crippen LogP contribution in [0.25, 0.3) is 0 Å². The largest absolute Gasteiger partial charge is 0.497 e. The molecule has 0 saturated carbocycles. The topological polar surface area (TPSA) is 64.3 Å². The van der Waals surface area contributed by atoms with Crippen LogP contribution in [0.5, 0.6) is 5.75 Å². The quantitative estimate of drug-likeness (QED) is 0.844. The van der Waals surface area contributed by atoms with Crippen LogP contribution in [0.3, 0.4) is 0 Å². The van der Waals surface area contributed by atoms with E-state index in [-0.39, 0.29) is 0 Å². The summed E-state index contributed by atoms with van der Waals surface area (Å²) in [6.45, 7) is 1.41. The van der Waals surface area contributed by atoms with Crippen molar-refractivity contribution in [2.45, 2.75) is 13.1 Å². The molecule has 0 atom stereocenters. The van der Waals surface area contributed by atoms with E-state index in [9.17, 15) is 4.79 Å². The maximum atomic E-state index is 11.1. The number of primary amides is 1. The van der Waals surface area contributed by atoms with E-state index in [0.717, 1.165) is 23.4 Å². The minimum atomic E-state index is -0.403. The van der Waals surface area contributed by atoms with Crippen LogP contribution in [-0.4, -0.2) is 13.0 Å². The van der Waals surface area contributed by atoms with Gasteiger partial charge < -0.3 is 15.8 Å². The monoisotopic (exact) mass is 270 g/mol. The van der Waals surface area contributed by atoms with E-state index in [0.29, 0.717) is 12.1 Å². The molecule has 0 radical (unpaired) electrons. The molecule has 0 aliphatic heterocycles. The number of nitrogens with one attached hydrogen (secondary N) is 1. The molecule has 0 spiro atoms. The summed E-state index contributed by atoms with van der Waals surface area (Å²) >= 11 is 0. The number of nitrogens with two attached hydrogens (primary N) is 1. The van der Waals surface area contributed by atoms with Gasteiger partial charge in [-0.1, -0.05) is 24.3 Å². The van der Waals surface area contributed by atoms with E-state index in [2.05, 4.69) is 5.32 Å². The molecular formula is C16H18N2O2. The standard InChI is InChI=1S/C16H18N2O2/c1-20-15-7-3-5-13(9-15)11-18-10-12-4-2-6-14(8-12)16(17)19/h2-9,18H,10-11H2,1H3,(H2,17,19). The number of carbonyl (C=O) groups is 1. The number of amides is 1. The number of rotatable bonds is 6. The summed E-state index contributed by atoms with van der Waals surface area (Å²) in [5.41, 5.74) is 7.97. The van der Waals surface area contributed by atoms with E-state index in [1.807, 2.05) is 36.4 Å². The van der Waals surface area contributed by atoms with E-state index >= 15 is 0 Å². The molecule has 4 nitrogen and oxygen atoms in total. The minimum absolute atomic E-state index is 0.403. The molecule has 0 heterocycles. The fraction of sp³-hybridized carbons (Fsp3) is 0.188. The van der Waals surface area contributed by atoms with Crippen LogP contribution in [0, 0.1) is 0 Å². The van der Waals surface area contributed by atoms with Crippen molar-refractivity contribution >= 4 is 5.91 Å². The molecular weight excluding hydrogens is 252 g/mol. The number of hydrogen-bond donors (Lipinski definition) is 2. The molecule has 0 aliphatic rings. The highest BCUT2D eigenvalue weighted by atomic mass is 16.5. The molecule has 0 fully saturated rings. The summed E-state index contributed by atoms with van der Waals surface area (Å²) in [6.07, 6.45) is 0. The Balaban J connectivity index is 1.92. The zero-order chi connectivity index (χ0) is 14.4. The molecule has 0 aliphatic carbocycles. The van der Waals surface area contributed by atoms with Gasteiger partial charge in [-0.2, -0.15) is 0 Å². The molecule has 2 aromatic rings. The van der Waals surface area contributed by atoms with Crippen molar-refractivity contribution in [2.24, 2.45) is 5.73 Å². The second-order valence-corrected chi connectivity index (χ2v) is 4.52. The predicted molar refractivity (Wildman–Crippen MR) is 78.5 cm³/mol. The lowest BCUT2D eigenvalue weighted by atomic mass is 10.1. The van der Waals surface area contributed by atoms with Gasteiger partial charge in [-0.05, 0) is 35.4 Å². The molecule has 3 N–H and O–H groups in total. The molecule has 104 valence electrons. The average Bonchev–Trinajstić information content (AvgIpc) is 2.48. The Bertz CT molecular complexity index is 597. The van der Waals surface area contributed by atoms with Gasteiger partial charge in [-0.25, -0.2) is 0 Å². The van der Waals surface area contributed by atoms with Crippen molar-refractivity contribution < 1.29 is 9.53 Å². The second-order valence-electron chi connectivity index (χ2n) is 4.52. The lowest BCUT2D eigenvalue weighted by Gasteiger charge is -2.07. The zero-order valence-corrected chi connectivity index (χ0v) is 11.4. The van der Waals surface area contributed by atoms with Crippen LogP contribution < -0.4 is 15.8 Å². The molecule has 2 rings (SSSR count). The van der Waals surface area contributed by atoms with Crippen LogP contribution in [-0.2, 0) is 13.1 Å². The Morgan fingerprint density at radius 1 is 1.10 bits per heavy atom. The first kappa shape index (κ1) is 14.1. The van der Waals surface area contributed by atoms with Crippen LogP contribution in [0.2, 0.25) is 0 Å². The fourth-order valence-electron chi connectivity index (χ4n) is 1.97. The van der Waals surface area contributed by atoms with Crippen molar-refractivity contribution in [2.75, 3.05) is 7.11 Å². The van der Waals surface area contributed by atoms with E-state index in [1.54, 1.807) is 19.2 Å². The lowest BCUT2D eigenvalue weighted by molar-refractivity contribution is 0.1000. The lowest BCUT2D eigenvalue weighted by Crippen LogP contribution is -2.15. The van der Waals surface area contributed by atoms with Crippen LogP contribution in [0.1, 0.15) is 21.5 Å². The number of ether oxygens (including phenoxy) is 1. The van der Waals surface area contributed by atoms with Crippen molar-refractivity contribution in [3.05, 3.63) is 65.2 Å². The maximum absolute atomic E-state index is 11.1. The normalized spacial score (nSPS) is 10.2. The van der Waals surface area contributed by atoms with Gasteiger partial charge in [0.2, 0.25) is 5.91 Å². The van der Waals surface area contributed by atoms with E-state index in [4.69, 9.17) is 10.5 Å². The van der Waals surface area contributed by atoms with Crippen LogP contribution in [0.4, 0.5) is 0 Å². The number of methoxy groups -OCH3 is 1. The third-order valence-electron chi connectivity index (χ3n) is 3.00. The van der Waals surface area contributed by atoms with Gasteiger partial charge in [0.1, 0.15) is 5.75 Å². The third kappa shape index (κ3) is 3.83. The fourth-order valence-corrected chi connectivity index (χ4v) is 1.97. The Morgan fingerprint density at radius 3 is 2.40 bits per heavy atom. The average molecular weight is 270 g/mol. The molecule has 4 heteroatoms. The van der Waals surface area contributed by atoms with Gasteiger partial charge in [0, 0.05) is 18.7 Å². The number of carbonyl (C=O) groups excluding carboxylic acids is 1. The Labute approximate surface area is 118 Å². The highest BCUT2D eigenvalue weighted by Gasteiger charge is 2.01. The first-order chi connectivity index (χ1) is 9.69. The highest BCUT2D eigenvalue weighted by molar-refractivity contribution is 5.92. The summed E-state index contributed by atoms with van der Waals surface area (Å²) < 4.78 is 5.18. The maximum Gasteiger partial charge on any atom is 0.248 e. The van der Waals surface area contributed by atoms with Gasteiger partial charge in [-0.3, -0.25) is 4.79 Å². The van der Waals surface area contributed by atoms with Gasteiger partial charge >= 0.3 is 0 Å². The minimum Gasteiger partial charge on any atom is -0.497 e. The smallest absolute Gasteiger partial charge is 0.248 e. The molecule has 20 heavy (non-hydrogen) atoms. The summed E-state index contributed by atoms with van der Waals surface area (Å²) in [4.78, 5) is 11.1. The first-order valence-electron chi connectivity index (χ1n) is 6.41. The second kappa shape index (κ2) is 6.73. The zero-order valence-electron chi connectivity index (χ0n) is 11.4. The van der Waals surface area contributed by atoms with Crippen molar-refractivity contribution in [1.82, 2.24) is 5.32 Å². The molecule has 0 bridgehead atoms. The highest BCUT2D eigenvalue weighted by Crippen LogP contribution is 2.12. The molecule has 0 saturated heterocycles. The summed E-state index contributed by atoms with van der Waals surface area (Å²) in [6, 6.07) is 15.2. The number of hydrogen-bond acceptors (Lipinski definition) is 3. The van der Waals surface area contributed by atoms with E-state index in [1.165, 1.54) is 0 Å². The predicted octanol–water partition coefficient (Wildman–Crippen LogP) is 2.08. The van der Waals surface area contributed by atoms with Gasteiger partial charge in [0.05, 0.1) is 7.11 Å². The van der Waals surface area contributed by atoms with Crippen LogP contribution >= 0.6 is 0 Å². The van der Waals surface area contributed by atoms with Crippen molar-refractivity contribution in [3.8, 4) is 5.75 Å². The summed E-state index contributed by atoms with van der Waals surface area (Å²) in [7, 11) is 1.65. The Hall–Kier alpha value is -2.33. The van der Waals surface area contributed by atoms with Crippen molar-refractivity contribution in [3.63, 3.8) is 0 Å². The molecule has 1 amide bonds. The first-order valence-corrected chi connectivity index (χ1v) is 6.41. The molecule has 2 aromatic carbocycles. The van der Waals surface area contributed by atoms with Crippen molar-refractivity contribution in [1.29, 1.82) is 0 Å². The summed E-state index contributed by atoms with van der Waals surface area (Å²) in [5, 5.41) is 3.33. The summed E-state index contributed by atoms with van der Waals surface area (Å²) in [5.74, 6) is 0.444. The molecule has 0 aromatic heterocycles. The van der Waals surface area contributed by atoms with Gasteiger partial charge in [-0.15, -0.1) is 0 Å². The number of benzene rings is 2. The Kier molecular flexibility index (Phi) is 4.74. The Morgan fingerprint density at radius 2 is 1.75 bits per heavy atom. The van der Waals surface area contributed by atoms with E-state index < -0.39 is 5.91 Å². The third-order valence-corrected chi connectivity index (χ3v) is 3.00. The SMILES string of the molecule is COc1cccc(CNCc2cccc(C(N)=O)c2)c1. The van der Waals surface area contributed by atoms with Gasteiger partial charge in [0.25, 0.3) is 0 Å². The van der Waals surface area contributed by atoms with Crippen LogP contribution in [0.15, 0.2) is 48.5 Å².